The van der Waals surface area contributed by atoms with E-state index in [1.807, 2.05) is 50.2 Å². The maximum atomic E-state index is 12.7. The second-order valence-electron chi connectivity index (χ2n) is 6.09. The summed E-state index contributed by atoms with van der Waals surface area (Å²) >= 11 is 0. The van der Waals surface area contributed by atoms with E-state index in [9.17, 15) is 9.59 Å². The van der Waals surface area contributed by atoms with Crippen LogP contribution in [0.3, 0.4) is 0 Å². The average Bonchev–Trinajstić information content (AvgIpc) is 2.98. The second kappa shape index (κ2) is 6.83. The number of benzene rings is 1. The molecule has 1 aliphatic heterocycles. The number of hydrogen-bond acceptors (Lipinski definition) is 3. The molecule has 1 aromatic heterocycles. The molecule has 3 rings (SSSR count). The van der Waals surface area contributed by atoms with Crippen molar-refractivity contribution in [3.8, 4) is 0 Å². The van der Waals surface area contributed by atoms with Crippen LogP contribution in [-0.4, -0.2) is 23.3 Å². The zero-order chi connectivity index (χ0) is 17.1. The van der Waals surface area contributed by atoms with Crippen molar-refractivity contribution in [1.82, 2.24) is 10.3 Å². The van der Waals surface area contributed by atoms with Crippen LogP contribution >= 0.6 is 0 Å². The van der Waals surface area contributed by atoms with Crippen LogP contribution in [0.15, 0.2) is 42.6 Å². The van der Waals surface area contributed by atoms with Crippen LogP contribution in [0.2, 0.25) is 0 Å². The summed E-state index contributed by atoms with van der Waals surface area (Å²) in [5, 5.41) is 2.82. The van der Waals surface area contributed by atoms with Crippen LogP contribution in [0.1, 0.15) is 23.2 Å². The lowest BCUT2D eigenvalue weighted by molar-refractivity contribution is -0.132. The van der Waals surface area contributed by atoms with E-state index >= 15 is 0 Å². The van der Waals surface area contributed by atoms with E-state index in [4.69, 9.17) is 0 Å². The van der Waals surface area contributed by atoms with E-state index in [1.54, 1.807) is 11.1 Å². The maximum Gasteiger partial charge on any atom is 0.239 e. The van der Waals surface area contributed by atoms with Gasteiger partial charge in [0.2, 0.25) is 11.8 Å². The first-order chi connectivity index (χ1) is 11.6. The molecule has 2 heterocycles. The molecule has 0 aliphatic carbocycles. The van der Waals surface area contributed by atoms with E-state index in [0.717, 1.165) is 22.5 Å². The Labute approximate surface area is 141 Å². The number of amides is 2. The first-order valence-corrected chi connectivity index (χ1v) is 8.13. The molecule has 1 N–H and O–H groups in total. The molecule has 1 atom stereocenters. The number of pyridine rings is 1. The Kier molecular flexibility index (Phi) is 4.60. The highest BCUT2D eigenvalue weighted by atomic mass is 16.2. The number of nitrogens with zero attached hydrogens (tertiary/aromatic N) is 2. The quantitative estimate of drug-likeness (QED) is 0.879. The lowest BCUT2D eigenvalue weighted by atomic mass is 10.1. The van der Waals surface area contributed by atoms with Gasteiger partial charge in [-0.05, 0) is 49.6 Å². The predicted octanol–water partition coefficient (Wildman–Crippen LogP) is 2.37. The molecular weight excluding hydrogens is 302 g/mol. The van der Waals surface area contributed by atoms with Gasteiger partial charge in [0.1, 0.15) is 5.92 Å². The minimum Gasteiger partial charge on any atom is -0.350 e. The third-order valence-corrected chi connectivity index (χ3v) is 4.56. The molecule has 0 saturated carbocycles. The molecule has 0 bridgehead atoms. The molecule has 5 nitrogen and oxygen atoms in total. The molecule has 1 fully saturated rings. The Hall–Kier alpha value is -2.69. The lowest BCUT2D eigenvalue weighted by Gasteiger charge is -2.20. The van der Waals surface area contributed by atoms with Crippen LogP contribution in [0, 0.1) is 19.8 Å². The first-order valence-electron chi connectivity index (χ1n) is 8.13. The monoisotopic (exact) mass is 323 g/mol. The number of aromatic nitrogens is 1. The highest BCUT2D eigenvalue weighted by Gasteiger charge is 2.37. The van der Waals surface area contributed by atoms with Crippen molar-refractivity contribution < 1.29 is 9.59 Å². The van der Waals surface area contributed by atoms with Gasteiger partial charge in [-0.1, -0.05) is 18.2 Å². The van der Waals surface area contributed by atoms with Crippen LogP contribution in [0.4, 0.5) is 5.69 Å². The summed E-state index contributed by atoms with van der Waals surface area (Å²) < 4.78 is 0. The lowest BCUT2D eigenvalue weighted by Crippen LogP contribution is -2.36. The highest BCUT2D eigenvalue weighted by Crippen LogP contribution is 2.29. The standard InChI is InChI=1S/C19H21N3O2/c1-13-6-5-8-17(14(13)2)22-11-9-16(19(22)24)18(23)21-12-15-7-3-4-10-20-15/h3-8,10,16H,9,11-12H2,1-2H3,(H,21,23)/t16-/m0/s1. The largest absolute Gasteiger partial charge is 0.350 e. The molecule has 124 valence electrons. The molecule has 0 unspecified atom stereocenters. The molecule has 5 heteroatoms. The zero-order valence-corrected chi connectivity index (χ0v) is 14.0. The van der Waals surface area contributed by atoms with Crippen LogP contribution in [0.25, 0.3) is 0 Å². The van der Waals surface area contributed by atoms with E-state index in [1.165, 1.54) is 0 Å². The van der Waals surface area contributed by atoms with E-state index < -0.39 is 5.92 Å². The molecule has 1 saturated heterocycles. The van der Waals surface area contributed by atoms with E-state index in [2.05, 4.69) is 10.3 Å². The number of nitrogens with one attached hydrogen (secondary N) is 1. The van der Waals surface area contributed by atoms with Gasteiger partial charge in [0.05, 0.1) is 12.2 Å². The molecule has 2 aromatic rings. The van der Waals surface area contributed by atoms with Crippen molar-refractivity contribution >= 4 is 17.5 Å². The summed E-state index contributed by atoms with van der Waals surface area (Å²) in [6.07, 6.45) is 2.23. The molecule has 0 radical (unpaired) electrons. The van der Waals surface area contributed by atoms with Crippen molar-refractivity contribution in [3.63, 3.8) is 0 Å². The van der Waals surface area contributed by atoms with Gasteiger partial charge in [0.15, 0.2) is 0 Å². The molecule has 0 spiro atoms. The van der Waals surface area contributed by atoms with Gasteiger partial charge in [-0.3, -0.25) is 14.6 Å². The fourth-order valence-corrected chi connectivity index (χ4v) is 2.99. The van der Waals surface area contributed by atoms with Crippen molar-refractivity contribution in [2.75, 3.05) is 11.4 Å². The molecule has 2 amide bonds. The molecular formula is C19H21N3O2. The molecule has 1 aliphatic rings. The van der Waals surface area contributed by atoms with Gasteiger partial charge in [0.25, 0.3) is 0 Å². The fourth-order valence-electron chi connectivity index (χ4n) is 2.99. The van der Waals surface area contributed by atoms with Crippen LogP contribution in [-0.2, 0) is 16.1 Å². The number of rotatable bonds is 4. The SMILES string of the molecule is Cc1cccc(N2CC[C@@H](C(=O)NCc3ccccn3)C2=O)c1C. The van der Waals surface area contributed by atoms with Gasteiger partial charge in [-0.2, -0.15) is 0 Å². The minimum absolute atomic E-state index is 0.123. The zero-order valence-electron chi connectivity index (χ0n) is 14.0. The van der Waals surface area contributed by atoms with Crippen molar-refractivity contribution in [1.29, 1.82) is 0 Å². The van der Waals surface area contributed by atoms with Gasteiger partial charge in [-0.15, -0.1) is 0 Å². The Morgan fingerprint density at radius 2 is 2.08 bits per heavy atom. The third kappa shape index (κ3) is 3.15. The second-order valence-corrected chi connectivity index (χ2v) is 6.09. The topological polar surface area (TPSA) is 62.3 Å². The average molecular weight is 323 g/mol. The first kappa shape index (κ1) is 16.2. The Bertz CT molecular complexity index is 758. The summed E-state index contributed by atoms with van der Waals surface area (Å²) in [6.45, 7) is 4.95. The molecule has 1 aromatic carbocycles. The Morgan fingerprint density at radius 3 is 2.83 bits per heavy atom. The summed E-state index contributed by atoms with van der Waals surface area (Å²) in [5.74, 6) is -0.964. The van der Waals surface area contributed by atoms with Gasteiger partial charge in [0, 0.05) is 18.4 Å². The molecule has 24 heavy (non-hydrogen) atoms. The minimum atomic E-state index is -0.617. The number of carbonyl (C=O) groups excluding carboxylic acids is 2. The smallest absolute Gasteiger partial charge is 0.239 e. The van der Waals surface area contributed by atoms with E-state index in [-0.39, 0.29) is 11.8 Å². The van der Waals surface area contributed by atoms with Crippen molar-refractivity contribution in [2.24, 2.45) is 5.92 Å². The summed E-state index contributed by atoms with van der Waals surface area (Å²) in [4.78, 5) is 30.9. The summed E-state index contributed by atoms with van der Waals surface area (Å²) in [5.41, 5.74) is 3.91. The maximum absolute atomic E-state index is 12.7. The third-order valence-electron chi connectivity index (χ3n) is 4.56. The van der Waals surface area contributed by atoms with Gasteiger partial charge < -0.3 is 10.2 Å². The van der Waals surface area contributed by atoms with Crippen LogP contribution < -0.4 is 10.2 Å². The van der Waals surface area contributed by atoms with E-state index in [0.29, 0.717) is 19.5 Å². The van der Waals surface area contributed by atoms with Gasteiger partial charge >= 0.3 is 0 Å². The Morgan fingerprint density at radius 1 is 1.25 bits per heavy atom. The fraction of sp³-hybridized carbons (Fsp3) is 0.316. The number of carbonyl (C=O) groups is 2. The normalized spacial score (nSPS) is 17.2. The van der Waals surface area contributed by atoms with Gasteiger partial charge in [-0.25, -0.2) is 0 Å². The number of anilines is 1. The summed E-state index contributed by atoms with van der Waals surface area (Å²) in [7, 11) is 0. The summed E-state index contributed by atoms with van der Waals surface area (Å²) in [6, 6.07) is 11.5. The predicted molar refractivity (Wildman–Crippen MR) is 92.5 cm³/mol. The van der Waals surface area contributed by atoms with Crippen molar-refractivity contribution in [3.05, 3.63) is 59.4 Å². The number of aryl methyl sites for hydroxylation is 1. The van der Waals surface area contributed by atoms with Crippen molar-refractivity contribution in [2.45, 2.75) is 26.8 Å². The number of hydrogen-bond donors (Lipinski definition) is 1. The van der Waals surface area contributed by atoms with Crippen LogP contribution in [0.5, 0.6) is 0 Å². The Balaban J connectivity index is 1.67. The highest BCUT2D eigenvalue weighted by molar-refractivity contribution is 6.09.